The molecule has 0 saturated carbocycles. The van der Waals surface area contributed by atoms with Crippen LogP contribution in [0.15, 0.2) is 11.4 Å². The molecule has 16 heavy (non-hydrogen) atoms. The van der Waals surface area contributed by atoms with Gasteiger partial charge in [0.15, 0.2) is 5.16 Å². The van der Waals surface area contributed by atoms with Crippen molar-refractivity contribution in [2.24, 2.45) is 0 Å². The summed E-state index contributed by atoms with van der Waals surface area (Å²) in [6.45, 7) is 2.51. The Kier molecular flexibility index (Phi) is 5.01. The van der Waals surface area contributed by atoms with Gasteiger partial charge in [0.2, 0.25) is 0 Å². The van der Waals surface area contributed by atoms with Crippen LogP contribution in [-0.4, -0.2) is 42.6 Å². The molecule has 0 aliphatic heterocycles. The Morgan fingerprint density at radius 3 is 2.94 bits per heavy atom. The standard InChI is InChI=1S/C9H14N2O3S2/c1-7-5-10-9(15-6-8(12)13)11(7)3-4-16(2)14/h5H,3-4,6H2,1-2H3,(H,12,13). The summed E-state index contributed by atoms with van der Waals surface area (Å²) in [7, 11) is -0.854. The highest BCUT2D eigenvalue weighted by Crippen LogP contribution is 2.17. The van der Waals surface area contributed by atoms with Gasteiger partial charge in [0, 0.05) is 41.2 Å². The number of rotatable bonds is 6. The van der Waals surface area contributed by atoms with Gasteiger partial charge in [-0.25, -0.2) is 4.98 Å². The Balaban J connectivity index is 2.69. The van der Waals surface area contributed by atoms with Crippen molar-refractivity contribution in [3.05, 3.63) is 11.9 Å². The third-order valence-corrected chi connectivity index (χ3v) is 3.68. The molecule has 1 rings (SSSR count). The van der Waals surface area contributed by atoms with Crippen molar-refractivity contribution >= 4 is 28.5 Å². The summed E-state index contributed by atoms with van der Waals surface area (Å²) >= 11 is 1.18. The Hall–Kier alpha value is -0.820. The van der Waals surface area contributed by atoms with Crippen LogP contribution in [0.2, 0.25) is 0 Å². The van der Waals surface area contributed by atoms with Crippen molar-refractivity contribution < 1.29 is 14.1 Å². The van der Waals surface area contributed by atoms with Crippen LogP contribution in [0.1, 0.15) is 5.69 Å². The van der Waals surface area contributed by atoms with Crippen molar-refractivity contribution in [3.63, 3.8) is 0 Å². The lowest BCUT2D eigenvalue weighted by Crippen LogP contribution is -2.10. The maximum atomic E-state index is 11.0. The molecular weight excluding hydrogens is 248 g/mol. The van der Waals surface area contributed by atoms with Gasteiger partial charge in [0.05, 0.1) is 5.75 Å². The van der Waals surface area contributed by atoms with E-state index in [0.29, 0.717) is 17.5 Å². The van der Waals surface area contributed by atoms with E-state index in [1.807, 2.05) is 11.5 Å². The van der Waals surface area contributed by atoms with E-state index in [1.54, 1.807) is 12.5 Å². The summed E-state index contributed by atoms with van der Waals surface area (Å²) in [6.07, 6.45) is 3.35. The summed E-state index contributed by atoms with van der Waals surface area (Å²) in [4.78, 5) is 14.6. The van der Waals surface area contributed by atoms with Crippen molar-refractivity contribution in [2.75, 3.05) is 17.8 Å². The molecule has 0 aliphatic rings. The van der Waals surface area contributed by atoms with Crippen LogP contribution in [0.3, 0.4) is 0 Å². The van der Waals surface area contributed by atoms with Gasteiger partial charge in [-0.3, -0.25) is 9.00 Å². The van der Waals surface area contributed by atoms with Gasteiger partial charge < -0.3 is 9.67 Å². The van der Waals surface area contributed by atoms with Crippen LogP contribution >= 0.6 is 11.8 Å². The van der Waals surface area contributed by atoms with E-state index in [4.69, 9.17) is 5.11 Å². The predicted octanol–water partition coefficient (Wildman–Crippen LogP) is 0.747. The van der Waals surface area contributed by atoms with Gasteiger partial charge in [0.25, 0.3) is 0 Å². The van der Waals surface area contributed by atoms with E-state index in [0.717, 1.165) is 5.69 Å². The van der Waals surface area contributed by atoms with Crippen molar-refractivity contribution in [2.45, 2.75) is 18.6 Å². The normalized spacial score (nSPS) is 12.6. The third-order valence-electron chi connectivity index (χ3n) is 1.95. The minimum absolute atomic E-state index is 0.00827. The molecule has 0 fully saturated rings. The molecule has 1 N–H and O–H groups in total. The van der Waals surface area contributed by atoms with E-state index in [1.165, 1.54) is 11.8 Å². The van der Waals surface area contributed by atoms with Crippen LogP contribution in [0, 0.1) is 6.92 Å². The van der Waals surface area contributed by atoms with Gasteiger partial charge in [-0.2, -0.15) is 0 Å². The first-order chi connectivity index (χ1) is 7.50. The second-order valence-corrected chi connectivity index (χ2v) is 5.79. The SMILES string of the molecule is Cc1cnc(SCC(=O)O)n1CCS(C)=O. The number of aliphatic carboxylic acids is 1. The maximum absolute atomic E-state index is 11.0. The molecule has 1 heterocycles. The maximum Gasteiger partial charge on any atom is 0.313 e. The van der Waals surface area contributed by atoms with E-state index < -0.39 is 16.8 Å². The Labute approximate surface area is 101 Å². The first-order valence-electron chi connectivity index (χ1n) is 4.67. The van der Waals surface area contributed by atoms with Crippen LogP contribution < -0.4 is 0 Å². The Morgan fingerprint density at radius 2 is 2.38 bits per heavy atom. The molecular formula is C9H14N2O3S2. The van der Waals surface area contributed by atoms with Gasteiger partial charge in [0.1, 0.15) is 0 Å². The lowest BCUT2D eigenvalue weighted by atomic mass is 10.5. The number of carboxylic acids is 1. The summed E-state index contributed by atoms with van der Waals surface area (Å²) in [5.41, 5.74) is 0.957. The predicted molar refractivity (Wildman–Crippen MR) is 64.3 cm³/mol. The highest BCUT2D eigenvalue weighted by molar-refractivity contribution is 7.99. The van der Waals surface area contributed by atoms with Gasteiger partial charge >= 0.3 is 5.97 Å². The number of carboxylic acid groups (broad SMARTS) is 1. The van der Waals surface area contributed by atoms with Crippen LogP contribution in [-0.2, 0) is 22.1 Å². The van der Waals surface area contributed by atoms with E-state index in [-0.39, 0.29) is 5.75 Å². The Morgan fingerprint density at radius 1 is 1.69 bits per heavy atom. The zero-order chi connectivity index (χ0) is 12.1. The number of carbonyl (C=O) groups is 1. The molecule has 90 valence electrons. The quantitative estimate of drug-likeness (QED) is 0.766. The second-order valence-electron chi connectivity index (χ2n) is 3.29. The molecule has 0 aliphatic carbocycles. The van der Waals surface area contributed by atoms with Crippen molar-refractivity contribution in [1.82, 2.24) is 9.55 Å². The Bertz CT molecular complexity index is 403. The molecule has 0 saturated heterocycles. The van der Waals surface area contributed by atoms with Crippen LogP contribution in [0.4, 0.5) is 0 Å². The fraction of sp³-hybridized carbons (Fsp3) is 0.556. The second kappa shape index (κ2) is 6.05. The van der Waals surface area contributed by atoms with E-state index in [2.05, 4.69) is 4.98 Å². The van der Waals surface area contributed by atoms with E-state index >= 15 is 0 Å². The molecule has 7 heteroatoms. The number of hydrogen-bond donors (Lipinski definition) is 1. The zero-order valence-corrected chi connectivity index (χ0v) is 10.8. The van der Waals surface area contributed by atoms with Crippen LogP contribution in [0.25, 0.3) is 0 Å². The highest BCUT2D eigenvalue weighted by Gasteiger charge is 2.09. The number of thioether (sulfide) groups is 1. The lowest BCUT2D eigenvalue weighted by Gasteiger charge is -2.07. The molecule has 0 spiro atoms. The summed E-state index contributed by atoms with van der Waals surface area (Å²) in [5, 5.41) is 9.26. The molecule has 5 nitrogen and oxygen atoms in total. The van der Waals surface area contributed by atoms with Crippen LogP contribution in [0.5, 0.6) is 0 Å². The molecule has 0 bridgehead atoms. The third kappa shape index (κ3) is 3.97. The number of nitrogens with zero attached hydrogens (tertiary/aromatic N) is 2. The van der Waals surface area contributed by atoms with E-state index in [9.17, 15) is 9.00 Å². The summed E-state index contributed by atoms with van der Waals surface area (Å²) < 4.78 is 12.9. The summed E-state index contributed by atoms with van der Waals surface area (Å²) in [5.74, 6) is -0.319. The molecule has 0 aromatic carbocycles. The molecule has 0 amide bonds. The topological polar surface area (TPSA) is 72.2 Å². The van der Waals surface area contributed by atoms with Crippen molar-refractivity contribution in [1.29, 1.82) is 0 Å². The number of aromatic nitrogens is 2. The van der Waals surface area contributed by atoms with Gasteiger partial charge in [-0.05, 0) is 6.92 Å². The first-order valence-corrected chi connectivity index (χ1v) is 7.38. The minimum Gasteiger partial charge on any atom is -0.481 e. The monoisotopic (exact) mass is 262 g/mol. The molecule has 1 unspecified atom stereocenters. The number of hydrogen-bond acceptors (Lipinski definition) is 4. The fourth-order valence-corrected chi connectivity index (χ4v) is 2.38. The number of imidazole rings is 1. The van der Waals surface area contributed by atoms with Crippen molar-refractivity contribution in [3.8, 4) is 0 Å². The molecule has 0 radical (unpaired) electrons. The highest BCUT2D eigenvalue weighted by atomic mass is 32.2. The lowest BCUT2D eigenvalue weighted by molar-refractivity contribution is -0.133. The molecule has 1 aromatic heterocycles. The molecule has 1 atom stereocenters. The fourth-order valence-electron chi connectivity index (χ4n) is 1.17. The zero-order valence-electron chi connectivity index (χ0n) is 9.17. The largest absolute Gasteiger partial charge is 0.481 e. The average molecular weight is 262 g/mol. The average Bonchev–Trinajstić information content (AvgIpc) is 2.53. The summed E-state index contributed by atoms with van der Waals surface area (Å²) in [6, 6.07) is 0. The first kappa shape index (κ1) is 13.2. The van der Waals surface area contributed by atoms with Gasteiger partial charge in [-0.1, -0.05) is 11.8 Å². The smallest absolute Gasteiger partial charge is 0.313 e. The number of aryl methyl sites for hydroxylation is 1. The van der Waals surface area contributed by atoms with Gasteiger partial charge in [-0.15, -0.1) is 0 Å². The molecule has 1 aromatic rings. The minimum atomic E-state index is -0.865.